The summed E-state index contributed by atoms with van der Waals surface area (Å²) in [6.45, 7) is 2.25. The zero-order valence-corrected chi connectivity index (χ0v) is 13.5. The highest BCUT2D eigenvalue weighted by Crippen LogP contribution is 2.59. The second-order valence-corrected chi connectivity index (χ2v) is 7.77. The lowest BCUT2D eigenvalue weighted by Gasteiger charge is -2.48. The summed E-state index contributed by atoms with van der Waals surface area (Å²) >= 11 is 5.98. The Morgan fingerprint density at radius 3 is 2.90 bits per heavy atom. The number of ketones is 1. The van der Waals surface area contributed by atoms with Gasteiger partial charge in [-0.05, 0) is 66.5 Å². The van der Waals surface area contributed by atoms with Gasteiger partial charge in [-0.2, -0.15) is 0 Å². The molecule has 1 nitrogen and oxygen atoms in total. The molecule has 0 radical (unpaired) electrons. The molecule has 0 heterocycles. The highest BCUT2D eigenvalue weighted by atomic mass is 35.5. The van der Waals surface area contributed by atoms with Crippen LogP contribution in [-0.2, 0) is 17.1 Å². The highest BCUT2D eigenvalue weighted by Gasteiger charge is 2.54. The van der Waals surface area contributed by atoms with Crippen molar-refractivity contribution in [3.8, 4) is 0 Å². The maximum absolute atomic E-state index is 12.3. The Bertz CT molecular complexity index is 593. The fraction of sp³-hybridized carbons (Fsp3) is 0.632. The van der Waals surface area contributed by atoms with E-state index in [4.69, 9.17) is 11.6 Å². The number of aryl methyl sites for hydroxylation is 1. The maximum Gasteiger partial charge on any atom is 0.139 e. The fourth-order valence-corrected chi connectivity index (χ4v) is 5.66. The molecular weight excluding hydrogens is 280 g/mol. The molecule has 2 heteroatoms. The van der Waals surface area contributed by atoms with Crippen LogP contribution >= 0.6 is 11.6 Å². The van der Waals surface area contributed by atoms with Crippen LogP contribution in [0.4, 0.5) is 0 Å². The molecule has 2 fully saturated rings. The first kappa shape index (κ1) is 13.8. The van der Waals surface area contributed by atoms with Gasteiger partial charge in [-0.3, -0.25) is 4.79 Å². The molecule has 0 unspecified atom stereocenters. The second kappa shape index (κ2) is 4.84. The molecule has 21 heavy (non-hydrogen) atoms. The van der Waals surface area contributed by atoms with Gasteiger partial charge in [-0.25, -0.2) is 0 Å². The number of hydrogen-bond acceptors (Lipinski definition) is 1. The third-order valence-corrected chi connectivity index (χ3v) is 6.96. The minimum Gasteiger partial charge on any atom is -0.299 e. The summed E-state index contributed by atoms with van der Waals surface area (Å²) in [5, 5.41) is 0. The molecule has 0 saturated heterocycles. The number of rotatable bonds is 1. The lowest BCUT2D eigenvalue weighted by Crippen LogP contribution is -2.42. The van der Waals surface area contributed by atoms with E-state index in [0.29, 0.717) is 23.5 Å². The molecule has 0 amide bonds. The first-order chi connectivity index (χ1) is 10.1. The van der Waals surface area contributed by atoms with Gasteiger partial charge >= 0.3 is 0 Å². The SMILES string of the molecule is C[C@]12CC[C@@H]3c4ccc(CCl)cc4CC[C@H]3[C@@H]1CCC2=O. The van der Waals surface area contributed by atoms with E-state index in [1.165, 1.54) is 30.4 Å². The van der Waals surface area contributed by atoms with Crippen LogP contribution in [0.25, 0.3) is 0 Å². The van der Waals surface area contributed by atoms with E-state index in [0.717, 1.165) is 25.2 Å². The van der Waals surface area contributed by atoms with Gasteiger partial charge in [0.1, 0.15) is 5.78 Å². The minimum absolute atomic E-state index is 0.00521. The fourth-order valence-electron chi connectivity index (χ4n) is 5.49. The number of carbonyl (C=O) groups is 1. The molecule has 3 aliphatic carbocycles. The number of benzene rings is 1. The Balaban J connectivity index is 1.70. The summed E-state index contributed by atoms with van der Waals surface area (Å²) in [6.07, 6.45) is 6.66. The number of Topliss-reactive ketones (excluding diaryl/α,β-unsaturated/α-hetero) is 1. The van der Waals surface area contributed by atoms with Gasteiger partial charge < -0.3 is 0 Å². The topological polar surface area (TPSA) is 17.1 Å². The molecule has 0 bridgehead atoms. The normalized spacial score (nSPS) is 37.8. The molecule has 0 aliphatic heterocycles. The average molecular weight is 303 g/mol. The van der Waals surface area contributed by atoms with Crippen LogP contribution in [0.5, 0.6) is 0 Å². The zero-order valence-electron chi connectivity index (χ0n) is 12.7. The number of hydrogen-bond donors (Lipinski definition) is 0. The largest absolute Gasteiger partial charge is 0.299 e. The maximum atomic E-state index is 12.3. The number of halogens is 1. The molecule has 0 spiro atoms. The second-order valence-electron chi connectivity index (χ2n) is 7.50. The van der Waals surface area contributed by atoms with Crippen molar-refractivity contribution in [2.24, 2.45) is 17.3 Å². The summed E-state index contributed by atoms with van der Waals surface area (Å²) < 4.78 is 0. The van der Waals surface area contributed by atoms with Gasteiger partial charge in [0, 0.05) is 17.7 Å². The molecule has 1 aromatic rings. The van der Waals surface area contributed by atoms with Crippen LogP contribution in [0.2, 0.25) is 0 Å². The summed E-state index contributed by atoms with van der Waals surface area (Å²) in [5.74, 6) is 3.18. The van der Waals surface area contributed by atoms with Crippen LogP contribution in [-0.4, -0.2) is 5.78 Å². The summed E-state index contributed by atoms with van der Waals surface area (Å²) in [6, 6.07) is 6.83. The zero-order chi connectivity index (χ0) is 14.6. The van der Waals surface area contributed by atoms with E-state index in [-0.39, 0.29) is 5.41 Å². The Morgan fingerprint density at radius 1 is 1.24 bits per heavy atom. The lowest BCUT2D eigenvalue weighted by atomic mass is 9.55. The smallest absolute Gasteiger partial charge is 0.139 e. The monoisotopic (exact) mass is 302 g/mol. The van der Waals surface area contributed by atoms with Crippen molar-refractivity contribution in [3.63, 3.8) is 0 Å². The van der Waals surface area contributed by atoms with Gasteiger partial charge in [-0.15, -0.1) is 11.6 Å². The Morgan fingerprint density at radius 2 is 2.10 bits per heavy atom. The standard InChI is InChI=1S/C19H23ClO/c1-19-9-8-15-14-4-2-12(11-20)10-13(14)3-5-16(15)17(19)6-7-18(19)21/h2,4,10,15-17H,3,5-9,11H2,1H3/t15-,16-,17+,19+/m1/s1. The first-order valence-corrected chi connectivity index (χ1v) is 8.88. The van der Waals surface area contributed by atoms with Crippen molar-refractivity contribution in [2.45, 2.75) is 57.2 Å². The van der Waals surface area contributed by atoms with E-state index in [1.807, 2.05) is 0 Å². The Labute approximate surface area is 132 Å². The number of fused-ring (bicyclic) bond motifs is 5. The molecule has 4 atom stereocenters. The average Bonchev–Trinajstić information content (AvgIpc) is 2.82. The molecule has 0 N–H and O–H groups in total. The molecule has 2 saturated carbocycles. The highest BCUT2D eigenvalue weighted by molar-refractivity contribution is 6.17. The van der Waals surface area contributed by atoms with Gasteiger partial charge in [0.25, 0.3) is 0 Å². The van der Waals surface area contributed by atoms with Crippen LogP contribution in [0.1, 0.15) is 61.6 Å². The predicted octanol–water partition coefficient (Wildman–Crippen LogP) is 4.85. The number of alkyl halides is 1. The summed E-state index contributed by atoms with van der Waals surface area (Å²) in [4.78, 5) is 12.3. The van der Waals surface area contributed by atoms with Crippen LogP contribution in [0.15, 0.2) is 18.2 Å². The van der Waals surface area contributed by atoms with Gasteiger partial charge in [-0.1, -0.05) is 25.1 Å². The van der Waals surface area contributed by atoms with Crippen LogP contribution in [0.3, 0.4) is 0 Å². The molecule has 112 valence electrons. The van der Waals surface area contributed by atoms with Crippen molar-refractivity contribution >= 4 is 17.4 Å². The molecule has 1 aromatic carbocycles. The third kappa shape index (κ3) is 1.93. The quantitative estimate of drug-likeness (QED) is 0.678. The van der Waals surface area contributed by atoms with Crippen molar-refractivity contribution in [2.75, 3.05) is 0 Å². The lowest BCUT2D eigenvalue weighted by molar-refractivity contribution is -0.129. The first-order valence-electron chi connectivity index (χ1n) is 8.34. The minimum atomic E-state index is -0.00521. The van der Waals surface area contributed by atoms with Crippen molar-refractivity contribution in [3.05, 3.63) is 34.9 Å². The Kier molecular flexibility index (Phi) is 3.19. The van der Waals surface area contributed by atoms with Crippen molar-refractivity contribution < 1.29 is 4.79 Å². The Hall–Kier alpha value is -0.820. The van der Waals surface area contributed by atoms with Crippen molar-refractivity contribution in [1.29, 1.82) is 0 Å². The van der Waals surface area contributed by atoms with E-state index in [2.05, 4.69) is 25.1 Å². The molecule has 4 rings (SSSR count). The van der Waals surface area contributed by atoms with Gasteiger partial charge in [0.2, 0.25) is 0 Å². The molecule has 0 aromatic heterocycles. The van der Waals surface area contributed by atoms with Crippen LogP contribution < -0.4 is 0 Å². The number of carbonyl (C=O) groups excluding carboxylic acids is 1. The summed E-state index contributed by atoms with van der Waals surface area (Å²) in [7, 11) is 0. The van der Waals surface area contributed by atoms with Crippen LogP contribution in [0, 0.1) is 17.3 Å². The van der Waals surface area contributed by atoms with E-state index in [9.17, 15) is 4.79 Å². The van der Waals surface area contributed by atoms with E-state index in [1.54, 1.807) is 5.56 Å². The van der Waals surface area contributed by atoms with Crippen molar-refractivity contribution in [1.82, 2.24) is 0 Å². The summed E-state index contributed by atoms with van der Waals surface area (Å²) in [5.41, 5.74) is 4.31. The van der Waals surface area contributed by atoms with Gasteiger partial charge in [0.05, 0.1) is 0 Å². The van der Waals surface area contributed by atoms with Gasteiger partial charge in [0.15, 0.2) is 0 Å². The third-order valence-electron chi connectivity index (χ3n) is 6.65. The van der Waals surface area contributed by atoms with E-state index >= 15 is 0 Å². The predicted molar refractivity (Wildman–Crippen MR) is 85.6 cm³/mol. The molecular formula is C19H23ClO. The molecule has 3 aliphatic rings. The van der Waals surface area contributed by atoms with E-state index < -0.39 is 0 Å².